The molecule has 0 radical (unpaired) electrons. The second kappa shape index (κ2) is 5.52. The van der Waals surface area contributed by atoms with Crippen LogP contribution in [0.1, 0.15) is 32.1 Å². The van der Waals surface area contributed by atoms with Gasteiger partial charge in [-0.3, -0.25) is 0 Å². The first-order chi connectivity index (χ1) is 8.87. The van der Waals surface area contributed by atoms with Crippen molar-refractivity contribution in [1.29, 1.82) is 0 Å². The van der Waals surface area contributed by atoms with Crippen LogP contribution in [-0.2, 0) is 16.6 Å². The Labute approximate surface area is 119 Å². The van der Waals surface area contributed by atoms with Gasteiger partial charge < -0.3 is 5.32 Å². The Hall–Kier alpha value is -0.430. The fraction of sp³-hybridized carbons (Fsp3) is 0.692. The first-order valence-electron chi connectivity index (χ1n) is 6.64. The summed E-state index contributed by atoms with van der Waals surface area (Å²) in [6.07, 6.45) is 0.929. The van der Waals surface area contributed by atoms with Gasteiger partial charge in [-0.2, -0.15) is 4.31 Å². The van der Waals surface area contributed by atoms with E-state index in [0.29, 0.717) is 24.5 Å². The lowest BCUT2D eigenvalue weighted by molar-refractivity contribution is 0.375. The van der Waals surface area contributed by atoms with E-state index in [1.54, 1.807) is 10.4 Å². The molecular formula is C13H22N2O2S2. The van der Waals surface area contributed by atoms with Gasteiger partial charge in [0.05, 0.1) is 4.90 Å². The van der Waals surface area contributed by atoms with E-state index in [1.165, 1.54) is 11.3 Å². The SMILES string of the molecule is CCNCc1sccc1S(=O)(=O)N1CCC(C)(C)C1. The Balaban J connectivity index is 2.23. The van der Waals surface area contributed by atoms with Gasteiger partial charge in [-0.05, 0) is 29.8 Å². The lowest BCUT2D eigenvalue weighted by Gasteiger charge is -2.20. The maximum absolute atomic E-state index is 12.7. The molecule has 0 atom stereocenters. The van der Waals surface area contributed by atoms with Crippen LogP contribution in [0, 0.1) is 5.41 Å². The van der Waals surface area contributed by atoms with Crippen molar-refractivity contribution in [2.24, 2.45) is 5.41 Å². The lowest BCUT2D eigenvalue weighted by atomic mass is 9.93. The van der Waals surface area contributed by atoms with Gasteiger partial charge in [-0.1, -0.05) is 20.8 Å². The summed E-state index contributed by atoms with van der Waals surface area (Å²) in [6.45, 7) is 8.97. The zero-order valence-corrected chi connectivity index (χ0v) is 13.4. The Kier molecular flexibility index (Phi) is 4.35. The Morgan fingerprint density at radius 2 is 2.21 bits per heavy atom. The normalized spacial score (nSPS) is 19.9. The summed E-state index contributed by atoms with van der Waals surface area (Å²) in [6, 6.07) is 1.73. The largest absolute Gasteiger partial charge is 0.312 e. The van der Waals surface area contributed by atoms with Crippen LogP contribution >= 0.6 is 11.3 Å². The van der Waals surface area contributed by atoms with Crippen molar-refractivity contribution in [1.82, 2.24) is 9.62 Å². The van der Waals surface area contributed by atoms with Crippen LogP contribution in [-0.4, -0.2) is 32.4 Å². The highest BCUT2D eigenvalue weighted by Gasteiger charge is 2.37. The lowest BCUT2D eigenvalue weighted by Crippen LogP contribution is -2.31. The monoisotopic (exact) mass is 302 g/mol. The standard InChI is InChI=1S/C13H22N2O2S2/c1-4-14-9-11-12(5-8-18-11)19(16,17)15-7-6-13(2,3)10-15/h5,8,14H,4,6-7,9-10H2,1-3H3. The van der Waals surface area contributed by atoms with E-state index in [4.69, 9.17) is 0 Å². The van der Waals surface area contributed by atoms with E-state index < -0.39 is 10.0 Å². The van der Waals surface area contributed by atoms with Gasteiger partial charge in [0, 0.05) is 24.5 Å². The van der Waals surface area contributed by atoms with E-state index in [0.717, 1.165) is 17.8 Å². The molecule has 1 aromatic heterocycles. The second-order valence-corrected chi connectivity index (χ2v) is 8.65. The summed E-state index contributed by atoms with van der Waals surface area (Å²) in [4.78, 5) is 1.39. The van der Waals surface area contributed by atoms with Gasteiger partial charge in [0.15, 0.2) is 0 Å². The third-order valence-electron chi connectivity index (χ3n) is 3.50. The van der Waals surface area contributed by atoms with E-state index in [9.17, 15) is 8.42 Å². The van der Waals surface area contributed by atoms with Crippen LogP contribution in [0.4, 0.5) is 0 Å². The molecule has 108 valence electrons. The molecule has 1 saturated heterocycles. The van der Waals surface area contributed by atoms with Crippen LogP contribution in [0.25, 0.3) is 0 Å². The third kappa shape index (κ3) is 3.18. The van der Waals surface area contributed by atoms with Crippen LogP contribution in [0.2, 0.25) is 0 Å². The predicted molar refractivity (Wildman–Crippen MR) is 78.9 cm³/mol. The summed E-state index contributed by atoms with van der Waals surface area (Å²) in [5.41, 5.74) is 0.0882. The zero-order valence-electron chi connectivity index (χ0n) is 11.8. The number of sulfonamides is 1. The van der Waals surface area contributed by atoms with E-state index in [1.807, 2.05) is 12.3 Å². The minimum absolute atomic E-state index is 0.0882. The Morgan fingerprint density at radius 1 is 1.47 bits per heavy atom. The topological polar surface area (TPSA) is 49.4 Å². The van der Waals surface area contributed by atoms with E-state index >= 15 is 0 Å². The molecule has 2 heterocycles. The van der Waals surface area contributed by atoms with Crippen molar-refractivity contribution in [3.63, 3.8) is 0 Å². The molecule has 1 N–H and O–H groups in total. The quantitative estimate of drug-likeness (QED) is 0.908. The number of rotatable bonds is 5. The molecule has 0 saturated carbocycles. The number of hydrogen-bond donors (Lipinski definition) is 1. The molecule has 6 heteroatoms. The molecular weight excluding hydrogens is 280 g/mol. The molecule has 0 amide bonds. The molecule has 1 aliphatic heterocycles. The van der Waals surface area contributed by atoms with E-state index in [2.05, 4.69) is 19.2 Å². The highest BCUT2D eigenvalue weighted by Crippen LogP contribution is 2.34. The van der Waals surface area contributed by atoms with Gasteiger partial charge in [0.2, 0.25) is 10.0 Å². The van der Waals surface area contributed by atoms with Crippen molar-refractivity contribution in [3.8, 4) is 0 Å². The van der Waals surface area contributed by atoms with Crippen molar-refractivity contribution in [2.45, 2.75) is 38.6 Å². The fourth-order valence-corrected chi connectivity index (χ4v) is 5.35. The maximum Gasteiger partial charge on any atom is 0.244 e. The predicted octanol–water partition coefficient (Wildman–Crippen LogP) is 2.28. The average molecular weight is 302 g/mol. The smallest absolute Gasteiger partial charge is 0.244 e. The molecule has 0 spiro atoms. The third-order valence-corrected chi connectivity index (χ3v) is 6.48. The molecule has 4 nitrogen and oxygen atoms in total. The Bertz CT molecular complexity index is 535. The average Bonchev–Trinajstić information content (AvgIpc) is 2.93. The number of nitrogens with zero attached hydrogens (tertiary/aromatic N) is 1. The second-order valence-electron chi connectivity index (χ2n) is 5.74. The van der Waals surface area contributed by atoms with Gasteiger partial charge in [-0.15, -0.1) is 11.3 Å². The maximum atomic E-state index is 12.7. The van der Waals surface area contributed by atoms with Crippen LogP contribution < -0.4 is 5.32 Å². The number of nitrogens with one attached hydrogen (secondary N) is 1. The highest BCUT2D eigenvalue weighted by atomic mass is 32.2. The van der Waals surface area contributed by atoms with Crippen molar-refractivity contribution in [2.75, 3.05) is 19.6 Å². The van der Waals surface area contributed by atoms with Gasteiger partial charge in [-0.25, -0.2) is 8.42 Å². The summed E-state index contributed by atoms with van der Waals surface area (Å²) in [5, 5.41) is 5.06. The molecule has 0 bridgehead atoms. The summed E-state index contributed by atoms with van der Waals surface area (Å²) in [5.74, 6) is 0. The van der Waals surface area contributed by atoms with Gasteiger partial charge in [0.1, 0.15) is 0 Å². The summed E-state index contributed by atoms with van der Waals surface area (Å²) in [7, 11) is -3.32. The first kappa shape index (κ1) is 15.0. The minimum Gasteiger partial charge on any atom is -0.312 e. The van der Waals surface area contributed by atoms with Gasteiger partial charge in [0.25, 0.3) is 0 Å². The molecule has 0 unspecified atom stereocenters. The Morgan fingerprint density at radius 3 is 2.79 bits per heavy atom. The van der Waals surface area contributed by atoms with Gasteiger partial charge >= 0.3 is 0 Å². The molecule has 1 aliphatic rings. The molecule has 0 aromatic carbocycles. The molecule has 0 aliphatic carbocycles. The molecule has 19 heavy (non-hydrogen) atoms. The van der Waals surface area contributed by atoms with Crippen molar-refractivity contribution >= 4 is 21.4 Å². The summed E-state index contributed by atoms with van der Waals surface area (Å²) < 4.78 is 27.0. The van der Waals surface area contributed by atoms with Crippen molar-refractivity contribution < 1.29 is 8.42 Å². The minimum atomic E-state index is -3.32. The molecule has 1 fully saturated rings. The molecule has 1 aromatic rings. The summed E-state index contributed by atoms with van der Waals surface area (Å²) >= 11 is 1.51. The fourth-order valence-electron chi connectivity index (χ4n) is 2.33. The highest BCUT2D eigenvalue weighted by molar-refractivity contribution is 7.89. The van der Waals surface area contributed by atoms with Crippen LogP contribution in [0.3, 0.4) is 0 Å². The van der Waals surface area contributed by atoms with Crippen molar-refractivity contribution in [3.05, 3.63) is 16.3 Å². The van der Waals surface area contributed by atoms with Crippen LogP contribution in [0.15, 0.2) is 16.3 Å². The number of thiophene rings is 1. The van der Waals surface area contributed by atoms with E-state index in [-0.39, 0.29) is 5.41 Å². The van der Waals surface area contributed by atoms with Crippen LogP contribution in [0.5, 0.6) is 0 Å². The zero-order chi connectivity index (χ0) is 14.1. The number of hydrogen-bond acceptors (Lipinski definition) is 4. The first-order valence-corrected chi connectivity index (χ1v) is 8.96. The molecule has 2 rings (SSSR count).